The van der Waals surface area contributed by atoms with Crippen molar-refractivity contribution in [3.05, 3.63) is 52.5 Å². The van der Waals surface area contributed by atoms with E-state index in [1.54, 1.807) is 25.1 Å². The molecule has 0 aliphatic rings. The first-order valence-corrected chi connectivity index (χ1v) is 9.89. The van der Waals surface area contributed by atoms with Crippen molar-refractivity contribution in [2.75, 3.05) is 18.4 Å². The second-order valence-electron chi connectivity index (χ2n) is 5.68. The van der Waals surface area contributed by atoms with Gasteiger partial charge < -0.3 is 10.1 Å². The number of ether oxygens (including phenoxy) is 1. The zero-order valence-electron chi connectivity index (χ0n) is 14.8. The van der Waals surface area contributed by atoms with Crippen LogP contribution in [0.15, 0.2) is 41.3 Å². The quantitative estimate of drug-likeness (QED) is 0.748. The fourth-order valence-electron chi connectivity index (χ4n) is 2.31. The Hall–Kier alpha value is -2.25. The van der Waals surface area contributed by atoms with Gasteiger partial charge in [0.05, 0.1) is 17.7 Å². The van der Waals surface area contributed by atoms with Gasteiger partial charge in [0.2, 0.25) is 0 Å². The Morgan fingerprint density at radius 2 is 1.92 bits per heavy atom. The van der Waals surface area contributed by atoms with Crippen molar-refractivity contribution in [1.29, 1.82) is 0 Å². The Morgan fingerprint density at radius 3 is 2.58 bits per heavy atom. The van der Waals surface area contributed by atoms with E-state index in [-0.39, 0.29) is 16.5 Å². The number of hydrogen-bond acceptors (Lipinski definition) is 4. The van der Waals surface area contributed by atoms with Gasteiger partial charge in [0.25, 0.3) is 15.9 Å². The van der Waals surface area contributed by atoms with E-state index in [1.807, 2.05) is 6.92 Å². The molecule has 0 unspecified atom stereocenters. The summed E-state index contributed by atoms with van der Waals surface area (Å²) in [6, 6.07) is 9.04. The van der Waals surface area contributed by atoms with Gasteiger partial charge in [-0.05, 0) is 49.2 Å². The van der Waals surface area contributed by atoms with E-state index in [0.717, 1.165) is 6.42 Å². The highest BCUT2D eigenvalue weighted by Gasteiger charge is 2.20. The minimum absolute atomic E-state index is 0.0215. The number of carbonyl (C=O) groups excluding carboxylic acids is 1. The lowest BCUT2D eigenvalue weighted by atomic mass is 10.1. The molecule has 2 rings (SSSR count). The molecule has 2 aromatic carbocycles. The Labute approximate surface area is 158 Å². The number of carbonyl (C=O) groups is 1. The van der Waals surface area contributed by atoms with Crippen molar-refractivity contribution in [2.45, 2.75) is 25.2 Å². The predicted molar refractivity (Wildman–Crippen MR) is 103 cm³/mol. The molecule has 0 spiro atoms. The van der Waals surface area contributed by atoms with Crippen molar-refractivity contribution in [2.24, 2.45) is 0 Å². The van der Waals surface area contributed by atoms with Crippen LogP contribution in [0.2, 0.25) is 5.02 Å². The third-order valence-corrected chi connectivity index (χ3v) is 5.30. The third kappa shape index (κ3) is 4.68. The molecule has 140 valence electrons. The second-order valence-corrected chi connectivity index (χ2v) is 7.80. The normalized spacial score (nSPS) is 11.1. The van der Waals surface area contributed by atoms with Crippen LogP contribution in [0, 0.1) is 6.92 Å². The average Bonchev–Trinajstić information content (AvgIpc) is 2.59. The molecule has 0 saturated carbocycles. The molecule has 26 heavy (non-hydrogen) atoms. The van der Waals surface area contributed by atoms with Crippen LogP contribution in [0.3, 0.4) is 0 Å². The Bertz CT molecular complexity index is 913. The van der Waals surface area contributed by atoms with Gasteiger partial charge in [0.1, 0.15) is 5.75 Å². The molecule has 0 saturated heterocycles. The molecule has 2 aromatic rings. The van der Waals surface area contributed by atoms with Crippen molar-refractivity contribution in [1.82, 2.24) is 5.32 Å². The third-order valence-electron chi connectivity index (χ3n) is 3.71. The topological polar surface area (TPSA) is 84.5 Å². The van der Waals surface area contributed by atoms with Crippen LogP contribution in [0.1, 0.15) is 29.3 Å². The van der Waals surface area contributed by atoms with E-state index in [9.17, 15) is 13.2 Å². The first kappa shape index (κ1) is 20.1. The van der Waals surface area contributed by atoms with Crippen LogP contribution >= 0.6 is 11.6 Å². The Morgan fingerprint density at radius 1 is 1.19 bits per heavy atom. The summed E-state index contributed by atoms with van der Waals surface area (Å²) < 4.78 is 33.1. The van der Waals surface area contributed by atoms with Crippen LogP contribution in [-0.4, -0.2) is 28.0 Å². The van der Waals surface area contributed by atoms with Crippen LogP contribution in [0.5, 0.6) is 5.75 Å². The molecule has 1 amide bonds. The number of rotatable bonds is 7. The second kappa shape index (κ2) is 8.42. The number of aryl methyl sites for hydroxylation is 1. The zero-order valence-corrected chi connectivity index (χ0v) is 16.4. The number of nitrogens with one attached hydrogen (secondary N) is 2. The van der Waals surface area contributed by atoms with E-state index in [2.05, 4.69) is 10.0 Å². The van der Waals surface area contributed by atoms with E-state index >= 15 is 0 Å². The molecule has 0 radical (unpaired) electrons. The van der Waals surface area contributed by atoms with Crippen LogP contribution in [0.25, 0.3) is 0 Å². The number of halogens is 1. The van der Waals surface area contributed by atoms with Crippen LogP contribution in [0.4, 0.5) is 5.69 Å². The lowest BCUT2D eigenvalue weighted by Gasteiger charge is -2.14. The van der Waals surface area contributed by atoms with Gasteiger partial charge in [-0.15, -0.1) is 0 Å². The maximum Gasteiger partial charge on any atom is 0.262 e. The van der Waals surface area contributed by atoms with E-state index in [4.69, 9.17) is 16.3 Å². The molecule has 0 fully saturated rings. The van der Waals surface area contributed by atoms with Crippen molar-refractivity contribution in [3.63, 3.8) is 0 Å². The highest BCUT2D eigenvalue weighted by Crippen LogP contribution is 2.30. The minimum Gasteiger partial charge on any atom is -0.495 e. The van der Waals surface area contributed by atoms with Gasteiger partial charge in [-0.2, -0.15) is 0 Å². The van der Waals surface area contributed by atoms with E-state index < -0.39 is 10.0 Å². The number of anilines is 1. The van der Waals surface area contributed by atoms with E-state index in [1.165, 1.54) is 25.3 Å². The summed E-state index contributed by atoms with van der Waals surface area (Å²) in [5.74, 6) is 0.0349. The molecule has 0 aliphatic heterocycles. The van der Waals surface area contributed by atoms with Crippen molar-refractivity contribution in [3.8, 4) is 5.75 Å². The number of methoxy groups -OCH3 is 1. The predicted octanol–water partition coefficient (Wildman–Crippen LogP) is 3.60. The summed E-state index contributed by atoms with van der Waals surface area (Å²) >= 11 is 5.94. The first-order valence-electron chi connectivity index (χ1n) is 8.03. The molecule has 0 aliphatic carbocycles. The lowest BCUT2D eigenvalue weighted by Crippen LogP contribution is -2.25. The molecular formula is C18H21ClN2O4S. The summed E-state index contributed by atoms with van der Waals surface area (Å²) in [7, 11) is -2.49. The number of benzene rings is 2. The fourth-order valence-corrected chi connectivity index (χ4v) is 3.57. The average molecular weight is 397 g/mol. The van der Waals surface area contributed by atoms with Gasteiger partial charge in [-0.3, -0.25) is 9.52 Å². The highest BCUT2D eigenvalue weighted by molar-refractivity contribution is 7.92. The molecule has 6 nitrogen and oxygen atoms in total. The monoisotopic (exact) mass is 396 g/mol. The van der Waals surface area contributed by atoms with Gasteiger partial charge in [0.15, 0.2) is 0 Å². The molecule has 0 bridgehead atoms. The number of amides is 1. The minimum atomic E-state index is -3.92. The van der Waals surface area contributed by atoms with Gasteiger partial charge >= 0.3 is 0 Å². The fraction of sp³-hybridized carbons (Fsp3) is 0.278. The summed E-state index contributed by atoms with van der Waals surface area (Å²) in [4.78, 5) is 12.2. The zero-order chi connectivity index (χ0) is 19.3. The molecule has 2 N–H and O–H groups in total. The maximum absolute atomic E-state index is 12.7. The standard InChI is InChI=1S/C18H21ClN2O4S/c1-4-9-20-18(22)15-11-14(7-5-12(15)2)26(23,24)21-16-10-13(19)6-8-17(16)25-3/h5-8,10-11,21H,4,9H2,1-3H3,(H,20,22). The van der Waals surface area contributed by atoms with Crippen LogP contribution < -0.4 is 14.8 Å². The smallest absolute Gasteiger partial charge is 0.262 e. The Balaban J connectivity index is 2.38. The maximum atomic E-state index is 12.7. The highest BCUT2D eigenvalue weighted by atomic mass is 35.5. The lowest BCUT2D eigenvalue weighted by molar-refractivity contribution is 0.0953. The summed E-state index contributed by atoms with van der Waals surface area (Å²) in [5.41, 5.74) is 1.23. The summed E-state index contributed by atoms with van der Waals surface area (Å²) in [5, 5.41) is 3.12. The van der Waals surface area contributed by atoms with Gasteiger partial charge in [0, 0.05) is 17.1 Å². The number of sulfonamides is 1. The molecule has 0 aromatic heterocycles. The molecule has 0 heterocycles. The largest absolute Gasteiger partial charge is 0.495 e. The Kier molecular flexibility index (Phi) is 6.50. The van der Waals surface area contributed by atoms with E-state index in [0.29, 0.717) is 28.4 Å². The molecule has 8 heteroatoms. The van der Waals surface area contributed by atoms with Gasteiger partial charge in [-0.1, -0.05) is 24.6 Å². The first-order chi connectivity index (χ1) is 12.3. The van der Waals surface area contributed by atoms with Crippen LogP contribution in [-0.2, 0) is 10.0 Å². The number of hydrogen-bond donors (Lipinski definition) is 2. The molecule has 0 atom stereocenters. The van der Waals surface area contributed by atoms with Gasteiger partial charge in [-0.25, -0.2) is 8.42 Å². The van der Waals surface area contributed by atoms with Crippen molar-refractivity contribution >= 4 is 33.2 Å². The summed E-state index contributed by atoms with van der Waals surface area (Å²) in [6.45, 7) is 4.22. The molecular weight excluding hydrogens is 376 g/mol. The summed E-state index contributed by atoms with van der Waals surface area (Å²) in [6.07, 6.45) is 0.791. The SMILES string of the molecule is CCCNC(=O)c1cc(S(=O)(=O)Nc2cc(Cl)ccc2OC)ccc1C. The van der Waals surface area contributed by atoms with Crippen molar-refractivity contribution < 1.29 is 17.9 Å².